The van der Waals surface area contributed by atoms with Crippen LogP contribution in [0.25, 0.3) is 11.5 Å². The molecule has 1 unspecified atom stereocenters. The van der Waals surface area contributed by atoms with E-state index < -0.39 is 42.0 Å². The van der Waals surface area contributed by atoms with Crippen LogP contribution in [0.5, 0.6) is 0 Å². The zero-order valence-corrected chi connectivity index (χ0v) is 17.6. The maximum Gasteiger partial charge on any atom is 0.314 e. The van der Waals surface area contributed by atoms with Crippen LogP contribution in [0.1, 0.15) is 51.8 Å². The molecule has 0 saturated carbocycles. The number of benzene rings is 1. The molecule has 1 N–H and O–H groups in total. The number of hydrogen-bond donors (Lipinski definition) is 1. The number of carbonyl (C=O) groups excluding carboxylic acids is 1. The van der Waals surface area contributed by atoms with E-state index in [1.165, 1.54) is 23.1 Å². The molecule has 5 rings (SSSR count). The Balaban J connectivity index is 1.51. The number of rotatable bonds is 6. The summed E-state index contributed by atoms with van der Waals surface area (Å²) in [5, 5.41) is 18.0. The first kappa shape index (κ1) is 22.6. The van der Waals surface area contributed by atoms with Gasteiger partial charge in [-0.25, -0.2) is 8.78 Å². The van der Waals surface area contributed by atoms with Crippen LogP contribution in [0, 0.1) is 11.6 Å². The molecule has 0 fully saturated rings. The van der Waals surface area contributed by atoms with E-state index in [1.54, 1.807) is 12.1 Å². The average molecular weight is 485 g/mol. The van der Waals surface area contributed by atoms with Crippen molar-refractivity contribution in [3.05, 3.63) is 94.9 Å². The van der Waals surface area contributed by atoms with E-state index in [2.05, 4.69) is 20.2 Å². The third kappa shape index (κ3) is 4.23. The summed E-state index contributed by atoms with van der Waals surface area (Å²) in [5.41, 5.74) is 1.34. The van der Waals surface area contributed by atoms with Crippen molar-refractivity contribution in [2.24, 2.45) is 0 Å². The zero-order chi connectivity index (χ0) is 24.7. The number of pyridine rings is 2. The topological polar surface area (TPSA) is 105 Å². The lowest BCUT2D eigenvalue weighted by Gasteiger charge is -2.31. The highest BCUT2D eigenvalue weighted by molar-refractivity contribution is 5.99. The number of aliphatic hydroxyl groups is 1. The Labute approximate surface area is 194 Å². The minimum Gasteiger partial charge on any atom is -0.415 e. The molecular formula is C23H15F4N5O3. The summed E-state index contributed by atoms with van der Waals surface area (Å²) in [5.74, 6) is -2.74. The van der Waals surface area contributed by atoms with Crippen LogP contribution in [0.15, 0.2) is 59.3 Å². The van der Waals surface area contributed by atoms with Gasteiger partial charge in [-0.1, -0.05) is 6.07 Å². The van der Waals surface area contributed by atoms with Gasteiger partial charge in [-0.05, 0) is 42.0 Å². The fraction of sp³-hybridized carbons (Fsp3) is 0.174. The van der Waals surface area contributed by atoms with Crippen LogP contribution in [0.3, 0.4) is 0 Å². The molecule has 4 aromatic rings. The largest absolute Gasteiger partial charge is 0.415 e. The fourth-order valence-corrected chi connectivity index (χ4v) is 3.90. The number of aliphatic hydroxyl groups excluding tert-OH is 1. The number of hydrogen-bond acceptors (Lipinski definition) is 7. The molecule has 0 radical (unpaired) electrons. The fourth-order valence-electron chi connectivity index (χ4n) is 3.90. The van der Waals surface area contributed by atoms with Gasteiger partial charge in [-0.3, -0.25) is 14.8 Å². The molecule has 12 heteroatoms. The van der Waals surface area contributed by atoms with Crippen LogP contribution >= 0.6 is 0 Å². The second kappa shape index (κ2) is 8.87. The van der Waals surface area contributed by atoms with E-state index in [1.807, 2.05) is 0 Å². The maximum absolute atomic E-state index is 13.5. The monoisotopic (exact) mass is 485 g/mol. The van der Waals surface area contributed by atoms with Crippen molar-refractivity contribution in [3.8, 4) is 11.5 Å². The summed E-state index contributed by atoms with van der Waals surface area (Å²) in [4.78, 5) is 22.7. The predicted molar refractivity (Wildman–Crippen MR) is 111 cm³/mol. The van der Waals surface area contributed by atoms with Crippen LogP contribution in [-0.2, 0) is 6.54 Å². The molecule has 1 aliphatic heterocycles. The van der Waals surface area contributed by atoms with Crippen LogP contribution in [0.2, 0.25) is 0 Å². The average Bonchev–Trinajstić information content (AvgIpc) is 3.47. The van der Waals surface area contributed by atoms with E-state index >= 15 is 0 Å². The Hall–Kier alpha value is -4.19. The molecule has 0 aliphatic carbocycles. The lowest BCUT2D eigenvalue weighted by Crippen LogP contribution is -2.34. The quantitative estimate of drug-likeness (QED) is 0.409. The van der Waals surface area contributed by atoms with Crippen molar-refractivity contribution in [3.63, 3.8) is 0 Å². The first-order chi connectivity index (χ1) is 16.8. The lowest BCUT2D eigenvalue weighted by molar-refractivity contribution is 0.0331. The molecule has 1 amide bonds. The van der Waals surface area contributed by atoms with Crippen molar-refractivity contribution < 1.29 is 31.9 Å². The van der Waals surface area contributed by atoms with Crippen molar-refractivity contribution in [2.45, 2.75) is 25.1 Å². The van der Waals surface area contributed by atoms with Crippen molar-refractivity contribution in [2.75, 3.05) is 0 Å². The molecule has 1 aliphatic rings. The first-order valence-corrected chi connectivity index (χ1v) is 10.3. The van der Waals surface area contributed by atoms with Gasteiger partial charge in [0, 0.05) is 17.7 Å². The molecule has 4 heterocycles. The molecule has 35 heavy (non-hydrogen) atoms. The SMILES string of the molecule is O=C1c2cc(-c3nnc(C(F)F)o3)ccc2CN1[C@H](c1ccc(F)cn1)C(O)c1ccc(F)cn1. The summed E-state index contributed by atoms with van der Waals surface area (Å²) < 4.78 is 57.5. The van der Waals surface area contributed by atoms with Gasteiger partial charge in [0.25, 0.3) is 11.8 Å². The van der Waals surface area contributed by atoms with E-state index in [0.29, 0.717) is 5.56 Å². The van der Waals surface area contributed by atoms with Gasteiger partial charge in [-0.2, -0.15) is 8.78 Å². The van der Waals surface area contributed by atoms with Gasteiger partial charge in [0.2, 0.25) is 5.89 Å². The number of halogens is 4. The molecular weight excluding hydrogens is 470 g/mol. The van der Waals surface area contributed by atoms with E-state index in [4.69, 9.17) is 4.42 Å². The Morgan fingerprint density at radius 3 is 2.23 bits per heavy atom. The Morgan fingerprint density at radius 2 is 1.63 bits per heavy atom. The van der Waals surface area contributed by atoms with E-state index in [0.717, 1.165) is 24.5 Å². The zero-order valence-electron chi connectivity index (χ0n) is 17.6. The van der Waals surface area contributed by atoms with E-state index in [9.17, 15) is 27.5 Å². The van der Waals surface area contributed by atoms with Crippen molar-refractivity contribution >= 4 is 5.91 Å². The van der Waals surface area contributed by atoms with Crippen molar-refractivity contribution in [1.82, 2.24) is 25.1 Å². The van der Waals surface area contributed by atoms with Crippen LogP contribution in [-0.4, -0.2) is 36.1 Å². The number of nitrogens with zero attached hydrogens (tertiary/aromatic N) is 5. The normalized spacial score (nSPS) is 14.9. The molecule has 0 bridgehead atoms. The summed E-state index contributed by atoms with van der Waals surface area (Å²) in [6.45, 7) is 0.0581. The van der Waals surface area contributed by atoms with Crippen LogP contribution in [0.4, 0.5) is 17.6 Å². The minimum atomic E-state index is -2.94. The maximum atomic E-state index is 13.5. The van der Waals surface area contributed by atoms with Crippen molar-refractivity contribution in [1.29, 1.82) is 0 Å². The van der Waals surface area contributed by atoms with Gasteiger partial charge in [0.05, 0.1) is 23.8 Å². The summed E-state index contributed by atoms with van der Waals surface area (Å²) in [6.07, 6.45) is -2.47. The molecule has 0 saturated heterocycles. The number of aromatic nitrogens is 4. The molecule has 1 aromatic carbocycles. The first-order valence-electron chi connectivity index (χ1n) is 10.3. The van der Waals surface area contributed by atoms with Gasteiger partial charge in [0.15, 0.2) is 0 Å². The molecule has 0 spiro atoms. The third-order valence-corrected chi connectivity index (χ3v) is 5.56. The summed E-state index contributed by atoms with van der Waals surface area (Å²) >= 11 is 0. The summed E-state index contributed by atoms with van der Waals surface area (Å²) in [6, 6.07) is 8.35. The third-order valence-electron chi connectivity index (χ3n) is 5.56. The second-order valence-electron chi connectivity index (χ2n) is 7.74. The minimum absolute atomic E-state index is 0.0581. The molecule has 178 valence electrons. The Bertz CT molecular complexity index is 1380. The summed E-state index contributed by atoms with van der Waals surface area (Å²) in [7, 11) is 0. The molecule has 8 nitrogen and oxygen atoms in total. The smallest absolute Gasteiger partial charge is 0.314 e. The lowest BCUT2D eigenvalue weighted by atomic mass is 10.0. The van der Waals surface area contributed by atoms with Gasteiger partial charge in [-0.15, -0.1) is 10.2 Å². The highest BCUT2D eigenvalue weighted by Gasteiger charge is 2.39. The highest BCUT2D eigenvalue weighted by Crippen LogP contribution is 2.39. The number of amides is 1. The highest BCUT2D eigenvalue weighted by atomic mass is 19.3. The van der Waals surface area contributed by atoms with Gasteiger partial charge in [0.1, 0.15) is 23.8 Å². The number of alkyl halides is 2. The molecule has 2 atom stereocenters. The molecule has 3 aromatic heterocycles. The standard InChI is InChI=1S/C23H15F4N5O3/c24-13-3-5-16(28-8-13)18(19(33)17-6-4-14(25)9-29-17)32-10-12-2-1-11(7-15(12)23(32)34)21-30-31-22(35-21)20(26)27/h1-9,18-20,33H,10H2/t18-,19?/m1/s1. The van der Waals surface area contributed by atoms with Crippen LogP contribution < -0.4 is 0 Å². The second-order valence-corrected chi connectivity index (χ2v) is 7.74. The van der Waals surface area contributed by atoms with Gasteiger partial charge >= 0.3 is 6.43 Å². The Morgan fingerprint density at radius 1 is 0.943 bits per heavy atom. The number of carbonyl (C=O) groups is 1. The number of fused-ring (bicyclic) bond motifs is 1. The van der Waals surface area contributed by atoms with Gasteiger partial charge < -0.3 is 14.4 Å². The van der Waals surface area contributed by atoms with E-state index in [-0.39, 0.29) is 35.0 Å². The Kier molecular flexibility index (Phi) is 5.73. The predicted octanol–water partition coefficient (Wildman–Crippen LogP) is 4.17.